The predicted octanol–water partition coefficient (Wildman–Crippen LogP) is 4.45. The summed E-state index contributed by atoms with van der Waals surface area (Å²) in [4.78, 5) is 26.1. The number of benzene rings is 3. The van der Waals surface area contributed by atoms with Crippen LogP contribution in [-0.4, -0.2) is 14.3 Å². The van der Waals surface area contributed by atoms with Crippen LogP contribution in [0.1, 0.15) is 21.5 Å². The standard InChI is InChI=1S/C24H19NO5S/c1-16-12-13-17(2)21(14-16)25(31(28,29)19-9-4-3-5-10-19)23(26)20-15-18-8-6-7-11-22(18)30-24(20)27/h3-15H,1-2H3. The summed E-state index contributed by atoms with van der Waals surface area (Å²) in [6.07, 6.45) is 0. The molecule has 0 unspecified atom stereocenters. The molecular weight excluding hydrogens is 414 g/mol. The van der Waals surface area contributed by atoms with Crippen LogP contribution in [0.4, 0.5) is 5.69 Å². The molecule has 31 heavy (non-hydrogen) atoms. The summed E-state index contributed by atoms with van der Waals surface area (Å²) in [7, 11) is -4.31. The first-order valence-electron chi connectivity index (χ1n) is 9.54. The number of aryl methyl sites for hydroxylation is 2. The zero-order valence-corrected chi connectivity index (χ0v) is 17.7. The SMILES string of the molecule is Cc1ccc(C)c(N(C(=O)c2cc3ccccc3oc2=O)S(=O)(=O)c2ccccc2)c1. The maximum absolute atomic E-state index is 13.6. The van der Waals surface area contributed by atoms with Crippen LogP contribution in [0.2, 0.25) is 0 Å². The van der Waals surface area contributed by atoms with Gasteiger partial charge in [0, 0.05) is 5.39 Å². The molecule has 0 fully saturated rings. The Bertz CT molecular complexity index is 1460. The lowest BCUT2D eigenvalue weighted by Crippen LogP contribution is -2.39. The number of para-hydroxylation sites is 1. The molecule has 0 atom stereocenters. The molecule has 0 aliphatic carbocycles. The molecule has 0 N–H and O–H groups in total. The molecule has 1 aromatic heterocycles. The Morgan fingerprint density at radius 1 is 0.871 bits per heavy atom. The van der Waals surface area contributed by atoms with Gasteiger partial charge in [0.15, 0.2) is 0 Å². The number of carbonyl (C=O) groups is 1. The second-order valence-electron chi connectivity index (χ2n) is 7.16. The lowest BCUT2D eigenvalue weighted by atomic mass is 10.1. The molecule has 156 valence electrons. The predicted molar refractivity (Wildman–Crippen MR) is 119 cm³/mol. The van der Waals surface area contributed by atoms with E-state index in [0.717, 1.165) is 5.56 Å². The second-order valence-corrected chi connectivity index (χ2v) is 8.95. The summed E-state index contributed by atoms with van der Waals surface area (Å²) < 4.78 is 33.1. The van der Waals surface area contributed by atoms with E-state index in [1.165, 1.54) is 18.2 Å². The Kier molecular flexibility index (Phi) is 5.20. The number of fused-ring (bicyclic) bond motifs is 1. The van der Waals surface area contributed by atoms with Crippen LogP contribution in [0, 0.1) is 13.8 Å². The van der Waals surface area contributed by atoms with Crippen molar-refractivity contribution in [3.8, 4) is 0 Å². The summed E-state index contributed by atoms with van der Waals surface area (Å²) in [5.74, 6) is -0.975. The van der Waals surface area contributed by atoms with Gasteiger partial charge in [-0.25, -0.2) is 13.2 Å². The second kappa shape index (κ2) is 7.85. The van der Waals surface area contributed by atoms with Gasteiger partial charge in [0.1, 0.15) is 11.1 Å². The summed E-state index contributed by atoms with van der Waals surface area (Å²) in [5, 5.41) is 0.517. The quantitative estimate of drug-likeness (QED) is 0.444. The average molecular weight is 433 g/mol. The van der Waals surface area contributed by atoms with Crippen LogP contribution in [0.15, 0.2) is 93.0 Å². The molecule has 1 heterocycles. The highest BCUT2D eigenvalue weighted by molar-refractivity contribution is 7.93. The van der Waals surface area contributed by atoms with Gasteiger partial charge in [0.05, 0.1) is 10.6 Å². The Morgan fingerprint density at radius 3 is 2.29 bits per heavy atom. The minimum Gasteiger partial charge on any atom is -0.422 e. The molecule has 0 radical (unpaired) electrons. The van der Waals surface area contributed by atoms with Crippen molar-refractivity contribution in [2.24, 2.45) is 0 Å². The van der Waals surface area contributed by atoms with Crippen LogP contribution in [0.25, 0.3) is 11.0 Å². The number of nitrogens with zero attached hydrogens (tertiary/aromatic N) is 1. The molecule has 0 saturated heterocycles. The van der Waals surface area contributed by atoms with Gasteiger partial charge in [0.25, 0.3) is 15.9 Å². The largest absolute Gasteiger partial charge is 0.422 e. The molecule has 0 aliphatic rings. The van der Waals surface area contributed by atoms with E-state index < -0.39 is 21.6 Å². The molecule has 4 rings (SSSR count). The highest BCUT2D eigenvalue weighted by Gasteiger charge is 2.34. The molecule has 0 spiro atoms. The lowest BCUT2D eigenvalue weighted by Gasteiger charge is -2.24. The lowest BCUT2D eigenvalue weighted by molar-refractivity contribution is 0.100. The van der Waals surface area contributed by atoms with Crippen molar-refractivity contribution >= 4 is 32.6 Å². The van der Waals surface area contributed by atoms with Gasteiger partial charge in [-0.1, -0.05) is 48.5 Å². The van der Waals surface area contributed by atoms with Crippen molar-refractivity contribution in [3.63, 3.8) is 0 Å². The summed E-state index contributed by atoms with van der Waals surface area (Å²) in [5.41, 5.74) is 0.576. The molecular formula is C24H19NO5S. The van der Waals surface area contributed by atoms with Crippen molar-refractivity contribution in [2.45, 2.75) is 18.7 Å². The van der Waals surface area contributed by atoms with Gasteiger partial charge in [-0.3, -0.25) is 4.79 Å². The third kappa shape index (κ3) is 3.75. The summed E-state index contributed by atoms with van der Waals surface area (Å²) >= 11 is 0. The molecule has 3 aromatic carbocycles. The maximum atomic E-state index is 13.6. The molecule has 7 heteroatoms. The normalized spacial score (nSPS) is 11.4. The minimum atomic E-state index is -4.31. The van der Waals surface area contributed by atoms with Crippen LogP contribution < -0.4 is 9.93 Å². The van der Waals surface area contributed by atoms with E-state index in [1.807, 2.05) is 6.07 Å². The maximum Gasteiger partial charge on any atom is 0.349 e. The zero-order valence-electron chi connectivity index (χ0n) is 16.9. The highest BCUT2D eigenvalue weighted by Crippen LogP contribution is 2.29. The number of anilines is 1. The van der Waals surface area contributed by atoms with Gasteiger partial charge in [-0.2, -0.15) is 4.31 Å². The van der Waals surface area contributed by atoms with Crippen LogP contribution in [-0.2, 0) is 10.0 Å². The fraction of sp³-hybridized carbons (Fsp3) is 0.0833. The van der Waals surface area contributed by atoms with Gasteiger partial charge in [-0.15, -0.1) is 0 Å². The van der Waals surface area contributed by atoms with Crippen LogP contribution >= 0.6 is 0 Å². The monoisotopic (exact) mass is 433 g/mol. The number of hydrogen-bond donors (Lipinski definition) is 0. The van der Waals surface area contributed by atoms with Crippen LogP contribution in [0.5, 0.6) is 0 Å². The van der Waals surface area contributed by atoms with E-state index in [4.69, 9.17) is 4.42 Å². The Hall–Kier alpha value is -3.71. The van der Waals surface area contributed by atoms with Crippen molar-refractivity contribution < 1.29 is 17.6 Å². The number of amides is 1. The first-order chi connectivity index (χ1) is 14.8. The first-order valence-corrected chi connectivity index (χ1v) is 11.0. The topological polar surface area (TPSA) is 84.7 Å². The molecule has 0 bridgehead atoms. The Morgan fingerprint density at radius 2 is 1.55 bits per heavy atom. The fourth-order valence-corrected chi connectivity index (χ4v) is 4.79. The van der Waals surface area contributed by atoms with E-state index in [1.54, 1.807) is 68.4 Å². The van der Waals surface area contributed by atoms with Crippen molar-refractivity contribution in [3.05, 3.63) is 106 Å². The zero-order chi connectivity index (χ0) is 22.2. The van der Waals surface area contributed by atoms with E-state index in [-0.39, 0.29) is 16.1 Å². The summed E-state index contributed by atoms with van der Waals surface area (Å²) in [6.45, 7) is 3.50. The third-order valence-electron chi connectivity index (χ3n) is 4.92. The van der Waals surface area contributed by atoms with Gasteiger partial charge in [-0.05, 0) is 55.3 Å². The van der Waals surface area contributed by atoms with E-state index in [2.05, 4.69) is 0 Å². The third-order valence-corrected chi connectivity index (χ3v) is 6.63. The number of rotatable bonds is 4. The van der Waals surface area contributed by atoms with Crippen molar-refractivity contribution in [2.75, 3.05) is 4.31 Å². The van der Waals surface area contributed by atoms with Gasteiger partial charge in [0.2, 0.25) is 0 Å². The van der Waals surface area contributed by atoms with E-state index in [0.29, 0.717) is 20.8 Å². The van der Waals surface area contributed by atoms with E-state index in [9.17, 15) is 18.0 Å². The fourth-order valence-electron chi connectivity index (χ4n) is 3.30. The number of carbonyl (C=O) groups excluding carboxylic acids is 1. The van der Waals surface area contributed by atoms with E-state index >= 15 is 0 Å². The smallest absolute Gasteiger partial charge is 0.349 e. The number of hydrogen-bond acceptors (Lipinski definition) is 5. The van der Waals surface area contributed by atoms with Gasteiger partial charge < -0.3 is 4.42 Å². The molecule has 4 aromatic rings. The molecule has 1 amide bonds. The van der Waals surface area contributed by atoms with Crippen molar-refractivity contribution in [1.82, 2.24) is 0 Å². The molecule has 0 saturated carbocycles. The number of sulfonamides is 1. The summed E-state index contributed by atoms with van der Waals surface area (Å²) in [6, 6.07) is 20.9. The molecule has 0 aliphatic heterocycles. The average Bonchev–Trinajstić information content (AvgIpc) is 2.76. The van der Waals surface area contributed by atoms with Gasteiger partial charge >= 0.3 is 5.63 Å². The van der Waals surface area contributed by atoms with Crippen LogP contribution in [0.3, 0.4) is 0 Å². The Labute approximate surface area is 179 Å². The molecule has 6 nitrogen and oxygen atoms in total. The van der Waals surface area contributed by atoms with Crippen molar-refractivity contribution in [1.29, 1.82) is 0 Å². The first kappa shape index (κ1) is 20.6. The Balaban J connectivity index is 1.97. The highest BCUT2D eigenvalue weighted by atomic mass is 32.2. The minimum absolute atomic E-state index is 0.0607.